The molecule has 0 aliphatic heterocycles. The Labute approximate surface area is 129 Å². The summed E-state index contributed by atoms with van der Waals surface area (Å²) >= 11 is 1.82. The highest BCUT2D eigenvalue weighted by molar-refractivity contribution is 7.15. The maximum absolute atomic E-state index is 11.5. The van der Waals surface area contributed by atoms with E-state index < -0.39 is 0 Å². The summed E-state index contributed by atoms with van der Waals surface area (Å²) in [6.45, 7) is 2.39. The van der Waals surface area contributed by atoms with Crippen LogP contribution in [0.3, 0.4) is 0 Å². The Balaban J connectivity index is 1.39. The van der Waals surface area contributed by atoms with Crippen LogP contribution in [0.25, 0.3) is 10.4 Å². The molecular weight excluding hydrogens is 280 g/mol. The Morgan fingerprint density at radius 3 is 2.67 bits per heavy atom. The molecule has 1 aliphatic rings. The molecule has 0 bridgehead atoms. The quantitative estimate of drug-likeness (QED) is 0.772. The topological polar surface area (TPSA) is 41.1 Å². The molecule has 4 heteroatoms. The first-order valence-corrected chi connectivity index (χ1v) is 8.27. The zero-order chi connectivity index (χ0) is 14.5. The number of nitrogens with one attached hydrogen (secondary N) is 2. The van der Waals surface area contributed by atoms with E-state index in [1.807, 2.05) is 17.4 Å². The van der Waals surface area contributed by atoms with Crippen LogP contribution < -0.4 is 10.6 Å². The molecule has 110 valence electrons. The summed E-state index contributed by atoms with van der Waals surface area (Å²) in [4.78, 5) is 14.1. The first-order chi connectivity index (χ1) is 10.3. The van der Waals surface area contributed by atoms with E-state index in [1.54, 1.807) is 0 Å². The molecule has 0 radical (unpaired) electrons. The monoisotopic (exact) mass is 300 g/mol. The SMILES string of the molecule is O=C(NCCNCc1ccc(-c2ccccc2)s1)C1CC1. The molecule has 1 heterocycles. The van der Waals surface area contributed by atoms with Crippen LogP contribution in [0, 0.1) is 5.92 Å². The number of hydrogen-bond acceptors (Lipinski definition) is 3. The fourth-order valence-electron chi connectivity index (χ4n) is 2.21. The third kappa shape index (κ3) is 4.16. The molecule has 1 fully saturated rings. The lowest BCUT2D eigenvalue weighted by Gasteiger charge is -2.05. The van der Waals surface area contributed by atoms with Crippen LogP contribution in [0.15, 0.2) is 42.5 Å². The van der Waals surface area contributed by atoms with E-state index in [2.05, 4.69) is 47.0 Å². The molecular formula is C17H20N2OS. The Morgan fingerprint density at radius 1 is 1.10 bits per heavy atom. The fraction of sp³-hybridized carbons (Fsp3) is 0.353. The van der Waals surface area contributed by atoms with Crippen molar-refractivity contribution in [1.82, 2.24) is 10.6 Å². The van der Waals surface area contributed by atoms with E-state index in [9.17, 15) is 4.79 Å². The van der Waals surface area contributed by atoms with Crippen LogP contribution in [0.4, 0.5) is 0 Å². The largest absolute Gasteiger partial charge is 0.355 e. The van der Waals surface area contributed by atoms with Crippen molar-refractivity contribution < 1.29 is 4.79 Å². The Morgan fingerprint density at radius 2 is 1.90 bits per heavy atom. The van der Waals surface area contributed by atoms with Gasteiger partial charge >= 0.3 is 0 Å². The predicted molar refractivity (Wildman–Crippen MR) is 87.2 cm³/mol. The molecule has 3 rings (SSSR count). The van der Waals surface area contributed by atoms with E-state index in [0.29, 0.717) is 12.5 Å². The summed E-state index contributed by atoms with van der Waals surface area (Å²) in [7, 11) is 0. The van der Waals surface area contributed by atoms with Gasteiger partial charge in [0.05, 0.1) is 0 Å². The second-order valence-electron chi connectivity index (χ2n) is 5.37. The fourth-order valence-corrected chi connectivity index (χ4v) is 3.19. The lowest BCUT2D eigenvalue weighted by atomic mass is 10.2. The van der Waals surface area contributed by atoms with Crippen molar-refractivity contribution in [2.45, 2.75) is 19.4 Å². The standard InChI is InChI=1S/C17H20N2OS/c20-17(14-6-7-14)19-11-10-18-12-15-8-9-16(21-15)13-4-2-1-3-5-13/h1-5,8-9,14,18H,6-7,10-12H2,(H,19,20). The van der Waals surface area contributed by atoms with Gasteiger partial charge in [-0.25, -0.2) is 0 Å². The van der Waals surface area contributed by atoms with Crippen molar-refractivity contribution in [3.8, 4) is 10.4 Å². The van der Waals surface area contributed by atoms with Gasteiger partial charge in [0.15, 0.2) is 0 Å². The highest BCUT2D eigenvalue weighted by atomic mass is 32.1. The maximum Gasteiger partial charge on any atom is 0.223 e. The zero-order valence-corrected chi connectivity index (χ0v) is 12.8. The molecule has 0 spiro atoms. The van der Waals surface area contributed by atoms with Crippen LogP contribution in [-0.2, 0) is 11.3 Å². The highest BCUT2D eigenvalue weighted by Gasteiger charge is 2.28. The summed E-state index contributed by atoms with van der Waals surface area (Å²) in [5, 5.41) is 6.34. The van der Waals surface area contributed by atoms with Gasteiger partial charge in [-0.2, -0.15) is 0 Å². The van der Waals surface area contributed by atoms with Crippen molar-refractivity contribution >= 4 is 17.2 Å². The lowest BCUT2D eigenvalue weighted by molar-refractivity contribution is -0.122. The molecule has 2 aromatic rings. The Hall–Kier alpha value is -1.65. The molecule has 1 aromatic carbocycles. The lowest BCUT2D eigenvalue weighted by Crippen LogP contribution is -2.32. The van der Waals surface area contributed by atoms with Gasteiger partial charge in [0, 0.05) is 35.3 Å². The van der Waals surface area contributed by atoms with Crippen LogP contribution >= 0.6 is 11.3 Å². The van der Waals surface area contributed by atoms with Crippen LogP contribution in [0.2, 0.25) is 0 Å². The van der Waals surface area contributed by atoms with Gasteiger partial charge in [-0.3, -0.25) is 4.79 Å². The van der Waals surface area contributed by atoms with Gasteiger partial charge in [0.2, 0.25) is 5.91 Å². The Kier molecular flexibility index (Phi) is 4.68. The minimum Gasteiger partial charge on any atom is -0.355 e. The maximum atomic E-state index is 11.5. The van der Waals surface area contributed by atoms with E-state index in [-0.39, 0.29) is 5.91 Å². The minimum absolute atomic E-state index is 0.222. The normalized spacial score (nSPS) is 14.1. The minimum atomic E-state index is 0.222. The summed E-state index contributed by atoms with van der Waals surface area (Å²) in [6, 6.07) is 14.8. The summed E-state index contributed by atoms with van der Waals surface area (Å²) < 4.78 is 0. The molecule has 1 aliphatic carbocycles. The number of hydrogen-bond donors (Lipinski definition) is 2. The molecule has 1 amide bonds. The average molecular weight is 300 g/mol. The molecule has 2 N–H and O–H groups in total. The van der Waals surface area contributed by atoms with Gasteiger partial charge in [0.1, 0.15) is 0 Å². The molecule has 3 nitrogen and oxygen atoms in total. The van der Waals surface area contributed by atoms with E-state index in [4.69, 9.17) is 0 Å². The van der Waals surface area contributed by atoms with E-state index in [1.165, 1.54) is 15.3 Å². The average Bonchev–Trinajstić information content (AvgIpc) is 3.27. The van der Waals surface area contributed by atoms with Crippen molar-refractivity contribution in [1.29, 1.82) is 0 Å². The van der Waals surface area contributed by atoms with Gasteiger partial charge < -0.3 is 10.6 Å². The Bertz CT molecular complexity index is 590. The molecule has 21 heavy (non-hydrogen) atoms. The third-order valence-electron chi connectivity index (χ3n) is 3.57. The van der Waals surface area contributed by atoms with Gasteiger partial charge in [0.25, 0.3) is 0 Å². The van der Waals surface area contributed by atoms with Crippen molar-refractivity contribution in [3.63, 3.8) is 0 Å². The van der Waals surface area contributed by atoms with Crippen molar-refractivity contribution in [2.75, 3.05) is 13.1 Å². The first kappa shape index (κ1) is 14.3. The number of amides is 1. The molecule has 0 saturated heterocycles. The highest BCUT2D eigenvalue weighted by Crippen LogP contribution is 2.28. The number of carbonyl (C=O) groups is 1. The second kappa shape index (κ2) is 6.87. The number of benzene rings is 1. The first-order valence-electron chi connectivity index (χ1n) is 7.45. The third-order valence-corrected chi connectivity index (χ3v) is 4.70. The summed E-state index contributed by atoms with van der Waals surface area (Å²) in [5.41, 5.74) is 1.27. The molecule has 0 atom stereocenters. The van der Waals surface area contributed by atoms with Crippen LogP contribution in [-0.4, -0.2) is 19.0 Å². The summed E-state index contributed by atoms with van der Waals surface area (Å²) in [5.74, 6) is 0.523. The second-order valence-corrected chi connectivity index (χ2v) is 6.54. The summed E-state index contributed by atoms with van der Waals surface area (Å²) in [6.07, 6.45) is 2.13. The van der Waals surface area contributed by atoms with E-state index in [0.717, 1.165) is 25.9 Å². The number of thiophene rings is 1. The number of rotatable bonds is 7. The van der Waals surface area contributed by atoms with Gasteiger partial charge in [-0.05, 0) is 30.5 Å². The molecule has 0 unspecified atom stereocenters. The van der Waals surface area contributed by atoms with Crippen LogP contribution in [0.5, 0.6) is 0 Å². The number of carbonyl (C=O) groups excluding carboxylic acids is 1. The van der Waals surface area contributed by atoms with Gasteiger partial charge in [-0.15, -0.1) is 11.3 Å². The van der Waals surface area contributed by atoms with Crippen molar-refractivity contribution in [2.24, 2.45) is 5.92 Å². The smallest absolute Gasteiger partial charge is 0.223 e. The molecule has 1 saturated carbocycles. The van der Waals surface area contributed by atoms with Crippen LogP contribution in [0.1, 0.15) is 17.7 Å². The molecule has 1 aromatic heterocycles. The van der Waals surface area contributed by atoms with Gasteiger partial charge in [-0.1, -0.05) is 30.3 Å². The zero-order valence-electron chi connectivity index (χ0n) is 12.0. The van der Waals surface area contributed by atoms with E-state index >= 15 is 0 Å². The predicted octanol–water partition coefficient (Wildman–Crippen LogP) is 3.03. The van der Waals surface area contributed by atoms with Crippen molar-refractivity contribution in [3.05, 3.63) is 47.3 Å².